The largest absolute Gasteiger partial charge is 0.462 e. The van der Waals surface area contributed by atoms with Crippen LogP contribution in [0.15, 0.2) is 24.3 Å². The van der Waals surface area contributed by atoms with Crippen LogP contribution in [0.4, 0.5) is 0 Å². The van der Waals surface area contributed by atoms with E-state index in [1.165, 1.54) is 180 Å². The minimum atomic E-state index is -0.784. The van der Waals surface area contributed by atoms with Gasteiger partial charge in [0.2, 0.25) is 5.91 Å². The summed E-state index contributed by atoms with van der Waals surface area (Å²) in [5.41, 5.74) is 0. The Morgan fingerprint density at radius 1 is 0.483 bits per heavy atom. The fourth-order valence-electron chi connectivity index (χ4n) is 8.25. The van der Waals surface area contributed by atoms with Crippen LogP contribution in [-0.2, 0) is 14.3 Å². The van der Waals surface area contributed by atoms with Crippen molar-refractivity contribution in [3.8, 4) is 0 Å². The van der Waals surface area contributed by atoms with Crippen LogP contribution >= 0.6 is 0 Å². The first kappa shape index (κ1) is 58.3. The minimum absolute atomic E-state index is 0.0783. The summed E-state index contributed by atoms with van der Waals surface area (Å²) in [6.45, 7) is 6.46. The first-order valence-electron chi connectivity index (χ1n) is 26.6. The first-order chi connectivity index (χ1) is 29.5. The van der Waals surface area contributed by atoms with Gasteiger partial charge in [0.1, 0.15) is 6.10 Å². The van der Waals surface area contributed by atoms with E-state index in [1.54, 1.807) is 0 Å². The SMILES string of the molecule is CCCCC/C=C/C=C/CCCCCCCCC(=O)OC(CCCCCCCCCCCCCCCCCCC)CC(=O)NC(CO)C(O)CCCCCCCCCCC. The predicted molar refractivity (Wildman–Crippen MR) is 260 cm³/mol. The lowest BCUT2D eigenvalue weighted by atomic mass is 10.0. The van der Waals surface area contributed by atoms with Crippen molar-refractivity contribution in [1.82, 2.24) is 5.32 Å². The highest BCUT2D eigenvalue weighted by Crippen LogP contribution is 2.18. The number of amides is 1. The summed E-state index contributed by atoms with van der Waals surface area (Å²) >= 11 is 0. The number of esters is 1. The van der Waals surface area contributed by atoms with Crippen molar-refractivity contribution in [3.63, 3.8) is 0 Å². The molecule has 0 aliphatic carbocycles. The summed E-state index contributed by atoms with van der Waals surface area (Å²) in [4.78, 5) is 26.1. The van der Waals surface area contributed by atoms with E-state index >= 15 is 0 Å². The Kier molecular flexibility index (Phi) is 47.0. The van der Waals surface area contributed by atoms with Gasteiger partial charge >= 0.3 is 5.97 Å². The standard InChI is InChI=1S/C54H103NO5/c1-4-7-10-13-16-19-21-23-25-26-28-29-31-34-36-39-42-45-50(48-53(58)55-51(49-56)52(57)46-43-40-37-33-18-15-12-9-6-3)60-54(59)47-44-41-38-35-32-30-27-24-22-20-17-14-11-8-5-2/h17,20,22,24,50-52,56-57H,4-16,18-19,21,23,25-49H2,1-3H3,(H,55,58)/b20-17+,24-22+. The van der Waals surface area contributed by atoms with Gasteiger partial charge in [-0.25, -0.2) is 0 Å². The second-order valence-electron chi connectivity index (χ2n) is 18.3. The van der Waals surface area contributed by atoms with Crippen molar-refractivity contribution >= 4 is 11.9 Å². The third kappa shape index (κ3) is 43.0. The number of unbranched alkanes of at least 4 members (excludes halogenated alkanes) is 33. The molecule has 0 aromatic rings. The molecule has 354 valence electrons. The number of aliphatic hydroxyl groups excluding tert-OH is 2. The second-order valence-corrected chi connectivity index (χ2v) is 18.3. The second kappa shape index (κ2) is 48.4. The number of carbonyl (C=O) groups is 2. The van der Waals surface area contributed by atoms with Crippen molar-refractivity contribution in [3.05, 3.63) is 24.3 Å². The lowest BCUT2D eigenvalue weighted by Gasteiger charge is -2.24. The molecule has 0 radical (unpaired) electrons. The number of hydrogen-bond donors (Lipinski definition) is 3. The lowest BCUT2D eigenvalue weighted by molar-refractivity contribution is -0.151. The number of ether oxygens (including phenoxy) is 1. The zero-order valence-corrected chi connectivity index (χ0v) is 40.4. The number of hydrogen-bond acceptors (Lipinski definition) is 5. The number of rotatable bonds is 48. The molecule has 3 unspecified atom stereocenters. The molecule has 3 N–H and O–H groups in total. The Bertz CT molecular complexity index is 950. The molecule has 0 aliphatic rings. The molecule has 0 aliphatic heterocycles. The van der Waals surface area contributed by atoms with Crippen molar-refractivity contribution < 1.29 is 24.5 Å². The van der Waals surface area contributed by atoms with Gasteiger partial charge in [-0.2, -0.15) is 0 Å². The fraction of sp³-hybridized carbons (Fsp3) is 0.889. The van der Waals surface area contributed by atoms with E-state index in [0.29, 0.717) is 19.3 Å². The summed E-state index contributed by atoms with van der Waals surface area (Å²) in [5, 5.41) is 23.7. The van der Waals surface area contributed by atoms with Crippen LogP contribution in [0.2, 0.25) is 0 Å². The van der Waals surface area contributed by atoms with Gasteiger partial charge in [0.25, 0.3) is 0 Å². The Balaban J connectivity index is 4.54. The highest BCUT2D eigenvalue weighted by molar-refractivity contribution is 5.77. The molecule has 1 amide bonds. The normalized spacial score (nSPS) is 13.3. The summed E-state index contributed by atoms with van der Waals surface area (Å²) in [7, 11) is 0. The third-order valence-electron chi connectivity index (χ3n) is 12.3. The summed E-state index contributed by atoms with van der Waals surface area (Å²) in [6, 6.07) is -0.698. The topological polar surface area (TPSA) is 95.9 Å². The Labute approximate surface area is 373 Å². The molecule has 0 aromatic carbocycles. The summed E-state index contributed by atoms with van der Waals surface area (Å²) in [6.07, 6.45) is 55.3. The van der Waals surface area contributed by atoms with E-state index in [1.807, 2.05) is 0 Å². The van der Waals surface area contributed by atoms with Gasteiger partial charge in [-0.3, -0.25) is 9.59 Å². The monoisotopic (exact) mass is 846 g/mol. The minimum Gasteiger partial charge on any atom is -0.462 e. The maximum Gasteiger partial charge on any atom is 0.306 e. The molecule has 0 saturated heterocycles. The Morgan fingerprint density at radius 3 is 1.27 bits per heavy atom. The van der Waals surface area contributed by atoms with Gasteiger partial charge in [-0.15, -0.1) is 0 Å². The van der Waals surface area contributed by atoms with Crippen LogP contribution in [0.25, 0.3) is 0 Å². The highest BCUT2D eigenvalue weighted by Gasteiger charge is 2.24. The van der Waals surface area contributed by atoms with Crippen LogP contribution in [0.5, 0.6) is 0 Å². The van der Waals surface area contributed by atoms with Crippen molar-refractivity contribution in [2.45, 2.75) is 302 Å². The number of allylic oxidation sites excluding steroid dienone is 4. The first-order valence-corrected chi connectivity index (χ1v) is 26.6. The van der Waals surface area contributed by atoms with E-state index in [-0.39, 0.29) is 24.9 Å². The van der Waals surface area contributed by atoms with Gasteiger partial charge in [0.05, 0.1) is 25.2 Å². The number of aliphatic hydroxyl groups is 2. The molecule has 6 nitrogen and oxygen atoms in total. The Hall–Kier alpha value is -1.66. The Morgan fingerprint density at radius 2 is 0.833 bits per heavy atom. The van der Waals surface area contributed by atoms with E-state index in [4.69, 9.17) is 4.74 Å². The molecule has 60 heavy (non-hydrogen) atoms. The quantitative estimate of drug-likeness (QED) is 0.0322. The smallest absolute Gasteiger partial charge is 0.306 e. The molecule has 0 spiro atoms. The molecule has 0 aromatic heterocycles. The average molecular weight is 846 g/mol. The molecule has 3 atom stereocenters. The van der Waals surface area contributed by atoms with Crippen molar-refractivity contribution in [2.24, 2.45) is 0 Å². The molecule has 0 saturated carbocycles. The third-order valence-corrected chi connectivity index (χ3v) is 12.3. The van der Waals surface area contributed by atoms with Crippen molar-refractivity contribution in [1.29, 1.82) is 0 Å². The van der Waals surface area contributed by atoms with E-state index < -0.39 is 18.2 Å². The zero-order chi connectivity index (χ0) is 43.8. The van der Waals surface area contributed by atoms with Crippen LogP contribution in [-0.4, -0.2) is 46.9 Å². The zero-order valence-electron chi connectivity index (χ0n) is 40.4. The number of carbonyl (C=O) groups excluding carboxylic acids is 2. The summed E-state index contributed by atoms with van der Waals surface area (Å²) in [5.74, 6) is -0.473. The van der Waals surface area contributed by atoms with Crippen molar-refractivity contribution in [2.75, 3.05) is 6.61 Å². The molecule has 0 heterocycles. The van der Waals surface area contributed by atoms with Gasteiger partial charge < -0.3 is 20.3 Å². The van der Waals surface area contributed by atoms with E-state index in [9.17, 15) is 19.8 Å². The van der Waals surface area contributed by atoms with Gasteiger partial charge in [-0.1, -0.05) is 244 Å². The lowest BCUT2D eigenvalue weighted by Crippen LogP contribution is -2.46. The maximum absolute atomic E-state index is 13.2. The van der Waals surface area contributed by atoms with Gasteiger partial charge in [0.15, 0.2) is 0 Å². The fourth-order valence-corrected chi connectivity index (χ4v) is 8.25. The van der Waals surface area contributed by atoms with E-state index in [0.717, 1.165) is 57.8 Å². The van der Waals surface area contributed by atoms with E-state index in [2.05, 4.69) is 50.4 Å². The molecule has 0 fully saturated rings. The van der Waals surface area contributed by atoms with Crippen LogP contribution in [0.3, 0.4) is 0 Å². The maximum atomic E-state index is 13.2. The number of nitrogens with one attached hydrogen (secondary N) is 1. The molecule has 0 rings (SSSR count). The molecule has 6 heteroatoms. The molecular formula is C54H103NO5. The van der Waals surface area contributed by atoms with Crippen LogP contribution in [0.1, 0.15) is 284 Å². The molecular weight excluding hydrogens is 743 g/mol. The predicted octanol–water partition coefficient (Wildman–Crippen LogP) is 15.9. The molecule has 0 bridgehead atoms. The van der Waals surface area contributed by atoms with Crippen LogP contribution in [0, 0.1) is 0 Å². The average Bonchev–Trinajstić information content (AvgIpc) is 3.24. The van der Waals surface area contributed by atoms with Gasteiger partial charge in [-0.05, 0) is 51.4 Å². The summed E-state index contributed by atoms with van der Waals surface area (Å²) < 4.78 is 5.94. The van der Waals surface area contributed by atoms with Gasteiger partial charge in [0, 0.05) is 6.42 Å². The highest BCUT2D eigenvalue weighted by atomic mass is 16.5. The van der Waals surface area contributed by atoms with Crippen LogP contribution < -0.4 is 5.32 Å².